The lowest BCUT2D eigenvalue weighted by atomic mass is 10.1. The van der Waals surface area contributed by atoms with Gasteiger partial charge in [-0.25, -0.2) is 4.98 Å². The molecule has 1 aliphatic rings. The molecule has 10 nitrogen and oxygen atoms in total. The number of aromatic nitrogens is 5. The number of anilines is 1. The van der Waals surface area contributed by atoms with E-state index in [0.29, 0.717) is 37.0 Å². The fourth-order valence-corrected chi connectivity index (χ4v) is 3.06. The average Bonchev–Trinajstić information content (AvgIpc) is 3.28. The quantitative estimate of drug-likeness (QED) is 0.672. The van der Waals surface area contributed by atoms with E-state index in [0.717, 1.165) is 6.42 Å². The first-order valence-electron chi connectivity index (χ1n) is 8.14. The Morgan fingerprint density at radius 2 is 2.28 bits per heavy atom. The van der Waals surface area contributed by atoms with Gasteiger partial charge in [-0.05, 0) is 19.3 Å². The molecule has 4 N–H and O–H groups in total. The zero-order valence-corrected chi connectivity index (χ0v) is 14.3. The van der Waals surface area contributed by atoms with E-state index in [9.17, 15) is 9.59 Å². The summed E-state index contributed by atoms with van der Waals surface area (Å²) in [6, 6.07) is 0. The van der Waals surface area contributed by atoms with Crippen molar-refractivity contribution in [2.75, 3.05) is 32.4 Å². The predicted molar refractivity (Wildman–Crippen MR) is 89.5 cm³/mol. The Morgan fingerprint density at radius 3 is 2.92 bits per heavy atom. The maximum atomic E-state index is 12.3. The van der Waals surface area contributed by atoms with Gasteiger partial charge < -0.3 is 20.5 Å². The largest absolute Gasteiger partial charge is 0.367 e. The van der Waals surface area contributed by atoms with E-state index in [1.807, 2.05) is 0 Å². The van der Waals surface area contributed by atoms with Crippen molar-refractivity contribution in [2.45, 2.75) is 19.8 Å². The monoisotopic (exact) mass is 346 g/mol. The van der Waals surface area contributed by atoms with Gasteiger partial charge in [0.25, 0.3) is 5.91 Å². The van der Waals surface area contributed by atoms with Gasteiger partial charge in [-0.2, -0.15) is 4.98 Å². The van der Waals surface area contributed by atoms with Crippen LogP contribution in [0.1, 0.15) is 28.6 Å². The second-order valence-corrected chi connectivity index (χ2v) is 6.38. The number of carbonyl (C=O) groups excluding carboxylic acids is 2. The summed E-state index contributed by atoms with van der Waals surface area (Å²) in [5.41, 5.74) is 5.92. The number of rotatable bonds is 5. The molecule has 1 unspecified atom stereocenters. The number of imidazole rings is 1. The molecule has 2 aromatic heterocycles. The molecule has 134 valence electrons. The maximum absolute atomic E-state index is 12.3. The van der Waals surface area contributed by atoms with E-state index in [1.165, 1.54) is 0 Å². The van der Waals surface area contributed by atoms with Crippen molar-refractivity contribution in [3.8, 4) is 0 Å². The molecular formula is C15H22N8O2. The van der Waals surface area contributed by atoms with E-state index in [4.69, 9.17) is 5.73 Å². The van der Waals surface area contributed by atoms with Crippen LogP contribution in [0.3, 0.4) is 0 Å². The molecule has 2 aromatic rings. The minimum Gasteiger partial charge on any atom is -0.367 e. The Bertz CT molecular complexity index is 767. The van der Waals surface area contributed by atoms with E-state index in [-0.39, 0.29) is 30.1 Å². The SMILES string of the molecule is Cc1ncc(C(=O)N(C)CC2CCN(C(=O)Cc3nc(N)n[nH]3)C2)[nH]1. The number of nitrogens with one attached hydrogen (secondary N) is 2. The number of nitrogens with zero attached hydrogens (tertiary/aromatic N) is 5. The van der Waals surface area contributed by atoms with Gasteiger partial charge >= 0.3 is 0 Å². The van der Waals surface area contributed by atoms with Crippen molar-refractivity contribution in [3.05, 3.63) is 23.5 Å². The first-order valence-corrected chi connectivity index (χ1v) is 8.14. The first-order chi connectivity index (χ1) is 11.9. The lowest BCUT2D eigenvalue weighted by molar-refractivity contribution is -0.129. The van der Waals surface area contributed by atoms with Gasteiger partial charge in [0.15, 0.2) is 0 Å². The van der Waals surface area contributed by atoms with Gasteiger partial charge in [-0.1, -0.05) is 0 Å². The molecule has 1 fully saturated rings. The topological polar surface area (TPSA) is 137 Å². The second kappa shape index (κ2) is 6.91. The molecular weight excluding hydrogens is 324 g/mol. The summed E-state index contributed by atoms with van der Waals surface area (Å²) >= 11 is 0. The number of carbonyl (C=O) groups is 2. The highest BCUT2D eigenvalue weighted by Gasteiger charge is 2.28. The van der Waals surface area contributed by atoms with Gasteiger partial charge in [0.05, 0.1) is 12.6 Å². The molecule has 25 heavy (non-hydrogen) atoms. The molecule has 3 rings (SSSR count). The minimum absolute atomic E-state index is 0.0168. The number of amides is 2. The molecule has 1 aliphatic heterocycles. The highest BCUT2D eigenvalue weighted by molar-refractivity contribution is 5.92. The Labute approximate surface area is 144 Å². The molecule has 0 spiro atoms. The zero-order chi connectivity index (χ0) is 18.0. The van der Waals surface area contributed by atoms with Gasteiger partial charge in [0.1, 0.15) is 17.3 Å². The summed E-state index contributed by atoms with van der Waals surface area (Å²) in [4.78, 5) is 39.1. The van der Waals surface area contributed by atoms with Crippen molar-refractivity contribution >= 4 is 17.8 Å². The predicted octanol–water partition coefficient (Wildman–Crippen LogP) is -0.418. The fraction of sp³-hybridized carbons (Fsp3) is 0.533. The van der Waals surface area contributed by atoms with Crippen molar-refractivity contribution in [3.63, 3.8) is 0 Å². The fourth-order valence-electron chi connectivity index (χ4n) is 3.06. The number of hydrogen-bond acceptors (Lipinski definition) is 6. The van der Waals surface area contributed by atoms with Crippen molar-refractivity contribution < 1.29 is 9.59 Å². The molecule has 1 saturated heterocycles. The third-order valence-corrected chi connectivity index (χ3v) is 4.32. The van der Waals surface area contributed by atoms with Crippen LogP contribution in [-0.4, -0.2) is 73.4 Å². The van der Waals surface area contributed by atoms with Crippen LogP contribution in [0, 0.1) is 12.8 Å². The van der Waals surface area contributed by atoms with Crippen LogP contribution < -0.4 is 5.73 Å². The molecule has 0 aliphatic carbocycles. The summed E-state index contributed by atoms with van der Waals surface area (Å²) in [6.07, 6.45) is 2.56. The summed E-state index contributed by atoms with van der Waals surface area (Å²) in [7, 11) is 1.76. The maximum Gasteiger partial charge on any atom is 0.271 e. The lowest BCUT2D eigenvalue weighted by Crippen LogP contribution is -2.35. The Balaban J connectivity index is 1.50. The molecule has 0 radical (unpaired) electrons. The number of nitrogen functional groups attached to an aromatic ring is 1. The molecule has 0 saturated carbocycles. The Morgan fingerprint density at radius 1 is 1.48 bits per heavy atom. The highest BCUT2D eigenvalue weighted by atomic mass is 16.2. The molecule has 0 bridgehead atoms. The lowest BCUT2D eigenvalue weighted by Gasteiger charge is -2.21. The third kappa shape index (κ3) is 3.95. The minimum atomic E-state index is -0.0949. The summed E-state index contributed by atoms with van der Waals surface area (Å²) in [5, 5.41) is 6.36. The number of H-pyrrole nitrogens is 2. The number of nitrogens with two attached hydrogens (primary N) is 1. The van der Waals surface area contributed by atoms with Crippen LogP contribution >= 0.6 is 0 Å². The highest BCUT2D eigenvalue weighted by Crippen LogP contribution is 2.18. The van der Waals surface area contributed by atoms with Crippen molar-refractivity contribution in [1.82, 2.24) is 34.9 Å². The molecule has 0 aromatic carbocycles. The van der Waals surface area contributed by atoms with Crippen LogP contribution in [-0.2, 0) is 11.2 Å². The van der Waals surface area contributed by atoms with Crippen LogP contribution in [0.5, 0.6) is 0 Å². The van der Waals surface area contributed by atoms with E-state index < -0.39 is 0 Å². The average molecular weight is 346 g/mol. The van der Waals surface area contributed by atoms with Crippen LogP contribution in [0.15, 0.2) is 6.20 Å². The second-order valence-electron chi connectivity index (χ2n) is 6.38. The molecule has 10 heteroatoms. The number of aryl methyl sites for hydroxylation is 1. The number of aromatic amines is 2. The molecule has 2 amide bonds. The van der Waals surface area contributed by atoms with Gasteiger partial charge in [-0.15, -0.1) is 5.10 Å². The van der Waals surface area contributed by atoms with Gasteiger partial charge in [0.2, 0.25) is 11.9 Å². The summed E-state index contributed by atoms with van der Waals surface area (Å²) < 4.78 is 0. The van der Waals surface area contributed by atoms with Gasteiger partial charge in [-0.3, -0.25) is 14.7 Å². The standard InChI is InChI=1S/C15H22N8O2/c1-9-17-6-11(18-9)14(25)22(2)7-10-3-4-23(8-10)13(24)5-12-19-15(16)21-20-12/h6,10H,3-5,7-8H2,1-2H3,(H,17,18)(H3,16,19,20,21). The third-order valence-electron chi connectivity index (χ3n) is 4.32. The molecule has 3 heterocycles. The van der Waals surface area contributed by atoms with Crippen molar-refractivity contribution in [1.29, 1.82) is 0 Å². The van der Waals surface area contributed by atoms with Crippen LogP contribution in [0.4, 0.5) is 5.95 Å². The van der Waals surface area contributed by atoms with E-state index in [2.05, 4.69) is 25.1 Å². The molecule has 1 atom stereocenters. The first kappa shape index (κ1) is 16.9. The van der Waals surface area contributed by atoms with E-state index in [1.54, 1.807) is 30.0 Å². The van der Waals surface area contributed by atoms with Crippen LogP contribution in [0.2, 0.25) is 0 Å². The van der Waals surface area contributed by atoms with Gasteiger partial charge in [0, 0.05) is 26.7 Å². The Hall–Kier alpha value is -2.91. The normalized spacial score (nSPS) is 17.0. The number of hydrogen-bond donors (Lipinski definition) is 3. The summed E-state index contributed by atoms with van der Waals surface area (Å²) in [5.74, 6) is 1.45. The van der Waals surface area contributed by atoms with E-state index >= 15 is 0 Å². The summed E-state index contributed by atoms with van der Waals surface area (Å²) in [6.45, 7) is 3.70. The smallest absolute Gasteiger partial charge is 0.271 e. The Kier molecular flexibility index (Phi) is 4.68. The number of likely N-dealkylation sites (tertiary alicyclic amines) is 1. The van der Waals surface area contributed by atoms with Crippen molar-refractivity contribution in [2.24, 2.45) is 5.92 Å². The van der Waals surface area contributed by atoms with Crippen LogP contribution in [0.25, 0.3) is 0 Å². The zero-order valence-electron chi connectivity index (χ0n) is 14.3.